The van der Waals surface area contributed by atoms with E-state index in [1.165, 1.54) is 5.56 Å². The van der Waals surface area contributed by atoms with Crippen LogP contribution in [0.4, 0.5) is 5.82 Å². The highest BCUT2D eigenvalue weighted by Gasteiger charge is 2.44. The summed E-state index contributed by atoms with van der Waals surface area (Å²) in [6.07, 6.45) is 0.882. The SMILES string of the molecule is CCCSc1nc(NC2CC2c2cccc(Oc3ccccc3)c2)c2nnn([C@H]3C[C@@H](CCO)[C@H](O)[C@@H]3O)c2n1. The number of hydrogen-bond acceptors (Lipinski definition) is 10. The minimum Gasteiger partial charge on any atom is -0.457 e. The van der Waals surface area contributed by atoms with Crippen LogP contribution in [0.2, 0.25) is 0 Å². The van der Waals surface area contributed by atoms with E-state index in [-0.39, 0.29) is 18.6 Å². The lowest BCUT2D eigenvalue weighted by atomic mass is 10.0. The van der Waals surface area contributed by atoms with Crippen molar-refractivity contribution in [3.63, 3.8) is 0 Å². The number of fused-ring (bicyclic) bond motifs is 1. The molecule has 4 aromatic rings. The molecule has 2 fully saturated rings. The Morgan fingerprint density at radius 3 is 2.65 bits per heavy atom. The molecule has 4 N–H and O–H groups in total. The summed E-state index contributed by atoms with van der Waals surface area (Å²) in [5, 5.41) is 43.7. The maximum absolute atomic E-state index is 10.8. The number of ether oxygens (including phenoxy) is 1. The summed E-state index contributed by atoms with van der Waals surface area (Å²) >= 11 is 1.57. The molecule has 0 bridgehead atoms. The number of rotatable bonds is 11. The first kappa shape index (κ1) is 26.9. The third-order valence-corrected chi connectivity index (χ3v) is 8.75. The highest BCUT2D eigenvalue weighted by atomic mass is 32.2. The number of benzene rings is 2. The molecule has 0 aliphatic heterocycles. The van der Waals surface area contributed by atoms with Crippen LogP contribution in [0, 0.1) is 5.92 Å². The molecule has 2 aliphatic carbocycles. The van der Waals surface area contributed by atoms with Crippen LogP contribution in [-0.2, 0) is 0 Å². The van der Waals surface area contributed by atoms with Gasteiger partial charge < -0.3 is 25.4 Å². The number of para-hydroxylation sites is 1. The molecule has 2 saturated carbocycles. The summed E-state index contributed by atoms with van der Waals surface area (Å²) in [4.78, 5) is 9.55. The second kappa shape index (κ2) is 11.7. The maximum atomic E-state index is 10.8. The number of nitrogens with zero attached hydrogens (tertiary/aromatic N) is 5. The lowest BCUT2D eigenvalue weighted by molar-refractivity contribution is 0.00107. The number of hydrogen-bond donors (Lipinski definition) is 4. The first-order chi connectivity index (χ1) is 19.6. The molecular formula is C29H34N6O4S. The van der Waals surface area contributed by atoms with Crippen molar-refractivity contribution in [2.45, 2.75) is 68.0 Å². The van der Waals surface area contributed by atoms with Gasteiger partial charge in [0, 0.05) is 24.3 Å². The van der Waals surface area contributed by atoms with Gasteiger partial charge in [0.25, 0.3) is 0 Å². The maximum Gasteiger partial charge on any atom is 0.191 e. The largest absolute Gasteiger partial charge is 0.457 e. The molecule has 2 heterocycles. The van der Waals surface area contributed by atoms with Gasteiger partial charge in [-0.3, -0.25) is 0 Å². The van der Waals surface area contributed by atoms with Crippen molar-refractivity contribution in [2.24, 2.45) is 5.92 Å². The van der Waals surface area contributed by atoms with E-state index in [4.69, 9.17) is 14.7 Å². The van der Waals surface area contributed by atoms with E-state index in [1.54, 1.807) is 16.4 Å². The van der Waals surface area contributed by atoms with E-state index >= 15 is 0 Å². The molecule has 0 amide bonds. The quantitative estimate of drug-likeness (QED) is 0.156. The van der Waals surface area contributed by atoms with E-state index in [0.717, 1.165) is 30.1 Å². The van der Waals surface area contributed by atoms with Gasteiger partial charge in [-0.1, -0.05) is 54.2 Å². The van der Waals surface area contributed by atoms with Gasteiger partial charge in [0.05, 0.1) is 12.1 Å². The molecular weight excluding hydrogens is 528 g/mol. The van der Waals surface area contributed by atoms with Crippen LogP contribution in [0.3, 0.4) is 0 Å². The minimum atomic E-state index is -1.02. The number of nitrogens with one attached hydrogen (secondary N) is 1. The number of anilines is 1. The molecule has 2 aromatic heterocycles. The van der Waals surface area contributed by atoms with Crippen molar-refractivity contribution in [1.82, 2.24) is 25.0 Å². The normalized spacial score (nSPS) is 25.8. The lowest BCUT2D eigenvalue weighted by Crippen LogP contribution is -2.30. The van der Waals surface area contributed by atoms with E-state index in [2.05, 4.69) is 34.7 Å². The Balaban J connectivity index is 1.24. The van der Waals surface area contributed by atoms with Gasteiger partial charge in [0.2, 0.25) is 0 Å². The monoisotopic (exact) mass is 562 g/mol. The fourth-order valence-electron chi connectivity index (χ4n) is 5.52. The van der Waals surface area contributed by atoms with Gasteiger partial charge in [-0.25, -0.2) is 14.6 Å². The molecule has 11 heteroatoms. The molecule has 40 heavy (non-hydrogen) atoms. The topological polar surface area (TPSA) is 138 Å². The Kier molecular flexibility index (Phi) is 7.88. The van der Waals surface area contributed by atoms with E-state index < -0.39 is 18.2 Å². The summed E-state index contributed by atoms with van der Waals surface area (Å²) in [5.74, 6) is 3.19. The number of aromatic nitrogens is 5. The van der Waals surface area contributed by atoms with Crippen LogP contribution < -0.4 is 10.1 Å². The molecule has 210 valence electrons. The zero-order chi connectivity index (χ0) is 27.6. The second-order valence-corrected chi connectivity index (χ2v) is 11.6. The Morgan fingerprint density at radius 2 is 1.85 bits per heavy atom. The van der Waals surface area contributed by atoms with Crippen molar-refractivity contribution in [1.29, 1.82) is 0 Å². The summed E-state index contributed by atoms with van der Waals surface area (Å²) in [5.41, 5.74) is 2.27. The smallest absolute Gasteiger partial charge is 0.191 e. The Morgan fingerprint density at radius 1 is 1.02 bits per heavy atom. The third kappa shape index (κ3) is 5.51. The zero-order valence-corrected chi connectivity index (χ0v) is 23.1. The van der Waals surface area contributed by atoms with Gasteiger partial charge in [0.15, 0.2) is 22.1 Å². The molecule has 10 nitrogen and oxygen atoms in total. The van der Waals surface area contributed by atoms with Crippen molar-refractivity contribution >= 4 is 28.7 Å². The van der Waals surface area contributed by atoms with Gasteiger partial charge in [-0.05, 0) is 61.4 Å². The van der Waals surface area contributed by atoms with Crippen LogP contribution >= 0.6 is 11.8 Å². The van der Waals surface area contributed by atoms with E-state index in [1.807, 2.05) is 42.5 Å². The second-order valence-electron chi connectivity index (χ2n) is 10.5. The highest BCUT2D eigenvalue weighted by molar-refractivity contribution is 7.99. The molecule has 2 aromatic carbocycles. The lowest BCUT2D eigenvalue weighted by Gasteiger charge is -2.17. The van der Waals surface area contributed by atoms with Crippen molar-refractivity contribution < 1.29 is 20.1 Å². The van der Waals surface area contributed by atoms with Gasteiger partial charge >= 0.3 is 0 Å². The first-order valence-corrected chi connectivity index (χ1v) is 14.9. The molecule has 6 rings (SSSR count). The minimum absolute atomic E-state index is 0.0445. The number of aliphatic hydroxyl groups is 3. The fraction of sp³-hybridized carbons (Fsp3) is 0.448. The average molecular weight is 563 g/mol. The molecule has 0 saturated heterocycles. The summed E-state index contributed by atoms with van der Waals surface area (Å²) in [6, 6.07) is 17.6. The summed E-state index contributed by atoms with van der Waals surface area (Å²) in [7, 11) is 0. The van der Waals surface area contributed by atoms with Crippen LogP contribution in [0.1, 0.15) is 50.1 Å². The Bertz CT molecular complexity index is 1450. The van der Waals surface area contributed by atoms with Crippen molar-refractivity contribution in [3.8, 4) is 11.5 Å². The molecule has 2 aliphatic rings. The summed E-state index contributed by atoms with van der Waals surface area (Å²) in [6.45, 7) is 2.07. The Hall–Kier alpha value is -3.25. The molecule has 2 unspecified atom stereocenters. The van der Waals surface area contributed by atoms with Crippen molar-refractivity contribution in [3.05, 3.63) is 60.2 Å². The first-order valence-electron chi connectivity index (χ1n) is 13.9. The summed E-state index contributed by atoms with van der Waals surface area (Å²) < 4.78 is 7.66. The zero-order valence-electron chi connectivity index (χ0n) is 22.3. The van der Waals surface area contributed by atoms with Crippen LogP contribution in [0.5, 0.6) is 11.5 Å². The predicted octanol–water partition coefficient (Wildman–Crippen LogP) is 4.15. The van der Waals surface area contributed by atoms with Crippen molar-refractivity contribution in [2.75, 3.05) is 17.7 Å². The van der Waals surface area contributed by atoms with Crippen LogP contribution in [-0.4, -0.2) is 70.9 Å². The van der Waals surface area contributed by atoms with Crippen LogP contribution in [0.15, 0.2) is 59.8 Å². The third-order valence-electron chi connectivity index (χ3n) is 7.70. The average Bonchev–Trinajstić information content (AvgIpc) is 3.52. The van der Waals surface area contributed by atoms with E-state index in [9.17, 15) is 15.3 Å². The fourth-order valence-corrected chi connectivity index (χ4v) is 6.21. The predicted molar refractivity (Wildman–Crippen MR) is 153 cm³/mol. The molecule has 0 radical (unpaired) electrons. The van der Waals surface area contributed by atoms with Gasteiger partial charge in [-0.15, -0.1) is 5.10 Å². The Labute approximate surface area is 236 Å². The number of thioether (sulfide) groups is 1. The molecule has 6 atom stereocenters. The van der Waals surface area contributed by atoms with E-state index in [0.29, 0.717) is 40.9 Å². The van der Waals surface area contributed by atoms with Gasteiger partial charge in [0.1, 0.15) is 17.6 Å². The van der Waals surface area contributed by atoms with Gasteiger partial charge in [-0.2, -0.15) is 0 Å². The van der Waals surface area contributed by atoms with Crippen LogP contribution in [0.25, 0.3) is 11.2 Å². The standard InChI is InChI=1S/C29H34N6O4S/c1-2-13-40-29-31-27(24-28(32-29)35(34-33-24)23-15-18(11-12-36)25(37)26(23)38)30-22-16-21(22)17-7-6-10-20(14-17)39-19-8-4-3-5-9-19/h3-10,14,18,21-23,25-26,36-38H,2,11-13,15-16H2,1H3,(H,30,31,32)/t18-,21?,22?,23+,25+,26-/m1/s1. The highest BCUT2D eigenvalue weighted by Crippen LogP contribution is 2.45. The molecule has 0 spiro atoms. The number of aliphatic hydroxyl groups excluding tert-OH is 3.